The van der Waals surface area contributed by atoms with Crippen molar-refractivity contribution in [3.05, 3.63) is 91.6 Å². The SMILES string of the molecule is Cc1ncnc(C(=O)N2CCC3(CC2)CC(C)c2c3c(=O)n3nc(-c4ccc(C5CC5)nc4)nc3n2CC(=O)Nc2ccc(C(F)(F)F)cc2Br)c1O. The number of rotatable bonds is 6. The summed E-state index contributed by atoms with van der Waals surface area (Å²) in [6.45, 7) is 3.82. The van der Waals surface area contributed by atoms with Crippen LogP contribution < -0.4 is 10.9 Å². The molecule has 1 spiro atoms. The summed E-state index contributed by atoms with van der Waals surface area (Å²) in [4.78, 5) is 60.6. The molecule has 5 aromatic rings. The van der Waals surface area contributed by atoms with E-state index in [4.69, 9.17) is 4.98 Å². The zero-order valence-corrected chi connectivity index (χ0v) is 30.2. The number of fused-ring (bicyclic) bond motifs is 3. The summed E-state index contributed by atoms with van der Waals surface area (Å²) in [5.41, 5.74) is 1.14. The molecule has 1 saturated heterocycles. The van der Waals surface area contributed by atoms with Gasteiger partial charge in [0.05, 0.1) is 16.9 Å². The summed E-state index contributed by atoms with van der Waals surface area (Å²) in [6, 6.07) is 6.75. The Hall–Kier alpha value is -5.19. The van der Waals surface area contributed by atoms with Crippen LogP contribution in [0.25, 0.3) is 17.2 Å². The van der Waals surface area contributed by atoms with Crippen molar-refractivity contribution in [1.29, 1.82) is 0 Å². The van der Waals surface area contributed by atoms with Gasteiger partial charge in [-0.1, -0.05) is 6.92 Å². The van der Waals surface area contributed by atoms with Gasteiger partial charge < -0.3 is 19.9 Å². The van der Waals surface area contributed by atoms with Crippen molar-refractivity contribution in [2.75, 3.05) is 18.4 Å². The molecule has 1 unspecified atom stereocenters. The Kier molecular flexibility index (Phi) is 8.38. The standard InChI is InChI=1S/C36H33BrF3N9O4/c1-18-14-35(9-11-47(12-10-35)33(53)28-30(51)19(2)42-17-43-28)27-29(18)48(16-26(50)44-25-8-6-22(13-23(25)37)36(38,39)40)34-45-31(46-49(34)32(27)52)21-5-7-24(41-15-21)20-3-4-20/h5-8,13,15,17-18,20,51H,3-4,9-12,14,16H2,1-2H3,(H,44,50). The summed E-state index contributed by atoms with van der Waals surface area (Å²) >= 11 is 3.15. The fourth-order valence-corrected chi connectivity index (χ4v) is 8.27. The lowest BCUT2D eigenvalue weighted by molar-refractivity contribution is -0.137. The van der Waals surface area contributed by atoms with E-state index in [9.17, 15) is 32.7 Å². The number of hydrogen-bond acceptors (Lipinski definition) is 9. The van der Waals surface area contributed by atoms with Gasteiger partial charge in [0.1, 0.15) is 12.9 Å². The van der Waals surface area contributed by atoms with Gasteiger partial charge in [-0.05, 0) is 91.2 Å². The Balaban J connectivity index is 1.17. The average molecular weight is 793 g/mol. The third-order valence-corrected chi connectivity index (χ3v) is 11.3. The molecule has 1 aromatic carbocycles. The molecule has 1 aliphatic heterocycles. The van der Waals surface area contributed by atoms with Gasteiger partial charge >= 0.3 is 6.18 Å². The van der Waals surface area contributed by atoms with Crippen LogP contribution in [0.4, 0.5) is 18.9 Å². The van der Waals surface area contributed by atoms with E-state index >= 15 is 0 Å². The predicted octanol–water partition coefficient (Wildman–Crippen LogP) is 5.74. The molecular weight excluding hydrogens is 759 g/mol. The molecule has 1 saturated carbocycles. The molecule has 0 bridgehead atoms. The third kappa shape index (κ3) is 6.13. The third-order valence-electron chi connectivity index (χ3n) is 10.6. The number of piperidine rings is 1. The smallest absolute Gasteiger partial charge is 0.416 e. The number of nitrogens with zero attached hydrogens (tertiary/aromatic N) is 8. The number of amides is 2. The number of hydrogen-bond donors (Lipinski definition) is 2. The monoisotopic (exact) mass is 791 g/mol. The molecule has 274 valence electrons. The fraction of sp³-hybridized carbons (Fsp3) is 0.389. The minimum Gasteiger partial charge on any atom is -0.504 e. The lowest BCUT2D eigenvalue weighted by Gasteiger charge is -2.39. The van der Waals surface area contributed by atoms with Crippen LogP contribution in [0.2, 0.25) is 0 Å². The van der Waals surface area contributed by atoms with Gasteiger partial charge in [0.25, 0.3) is 11.5 Å². The number of aromatic nitrogens is 7. The molecule has 2 N–H and O–H groups in total. The first kappa shape index (κ1) is 34.9. The first-order valence-electron chi connectivity index (χ1n) is 17.2. The highest BCUT2D eigenvalue weighted by atomic mass is 79.9. The fourth-order valence-electron chi connectivity index (χ4n) is 7.80. The number of alkyl halides is 3. The lowest BCUT2D eigenvalue weighted by atomic mass is 9.73. The number of halogens is 4. The predicted molar refractivity (Wildman–Crippen MR) is 189 cm³/mol. The van der Waals surface area contributed by atoms with E-state index in [1.54, 1.807) is 22.6 Å². The van der Waals surface area contributed by atoms with Crippen LogP contribution in [-0.4, -0.2) is 69.0 Å². The average Bonchev–Trinajstić information content (AvgIpc) is 3.81. The van der Waals surface area contributed by atoms with E-state index in [0.29, 0.717) is 42.0 Å². The van der Waals surface area contributed by atoms with Crippen LogP contribution in [0.3, 0.4) is 0 Å². The number of anilines is 1. The quantitative estimate of drug-likeness (QED) is 0.219. The zero-order chi connectivity index (χ0) is 37.4. The van der Waals surface area contributed by atoms with Gasteiger partial charge in [0, 0.05) is 57.6 Å². The number of carbonyl (C=O) groups is 2. The van der Waals surface area contributed by atoms with Crippen LogP contribution in [0.5, 0.6) is 5.75 Å². The van der Waals surface area contributed by atoms with Crippen LogP contribution in [-0.2, 0) is 22.9 Å². The second-order valence-electron chi connectivity index (χ2n) is 14.1. The molecule has 8 rings (SSSR count). The Labute approximate surface area is 308 Å². The maximum Gasteiger partial charge on any atom is 0.416 e. The van der Waals surface area contributed by atoms with Crippen molar-refractivity contribution in [3.63, 3.8) is 0 Å². The molecule has 17 heteroatoms. The number of benzene rings is 1. The van der Waals surface area contributed by atoms with E-state index in [-0.39, 0.29) is 70.0 Å². The second-order valence-corrected chi connectivity index (χ2v) is 15.0. The molecule has 2 amide bonds. The van der Waals surface area contributed by atoms with Gasteiger partial charge in [0.2, 0.25) is 11.7 Å². The van der Waals surface area contributed by atoms with Crippen LogP contribution >= 0.6 is 15.9 Å². The maximum atomic E-state index is 14.5. The molecule has 4 aromatic heterocycles. The molecule has 2 aliphatic carbocycles. The van der Waals surface area contributed by atoms with Crippen molar-refractivity contribution in [2.45, 2.75) is 75.9 Å². The topological polar surface area (TPSA) is 160 Å². The molecule has 0 radical (unpaired) electrons. The van der Waals surface area contributed by atoms with E-state index in [1.165, 1.54) is 16.9 Å². The summed E-state index contributed by atoms with van der Waals surface area (Å²) in [5, 5.41) is 17.8. The minimum atomic E-state index is -4.56. The Morgan fingerprint density at radius 3 is 2.51 bits per heavy atom. The highest BCUT2D eigenvalue weighted by Crippen LogP contribution is 2.50. The van der Waals surface area contributed by atoms with Gasteiger partial charge in [-0.2, -0.15) is 22.7 Å². The Morgan fingerprint density at radius 1 is 1.09 bits per heavy atom. The van der Waals surface area contributed by atoms with Gasteiger partial charge in [0.15, 0.2) is 17.3 Å². The number of likely N-dealkylation sites (tertiary alicyclic amines) is 1. The lowest BCUT2D eigenvalue weighted by Crippen LogP contribution is -2.46. The summed E-state index contributed by atoms with van der Waals surface area (Å²) in [7, 11) is 0. The maximum absolute atomic E-state index is 14.5. The summed E-state index contributed by atoms with van der Waals surface area (Å²) in [6.07, 6.45) is 1.95. The molecule has 53 heavy (non-hydrogen) atoms. The van der Waals surface area contributed by atoms with Crippen molar-refractivity contribution < 1.29 is 27.9 Å². The van der Waals surface area contributed by atoms with E-state index < -0.39 is 29.0 Å². The molecule has 5 heterocycles. The summed E-state index contributed by atoms with van der Waals surface area (Å²) in [5.74, 6) is -0.630. The number of aryl methyl sites for hydroxylation is 1. The number of pyridine rings is 1. The van der Waals surface area contributed by atoms with Gasteiger partial charge in [-0.15, -0.1) is 5.10 Å². The van der Waals surface area contributed by atoms with Crippen molar-refractivity contribution >= 4 is 39.2 Å². The van der Waals surface area contributed by atoms with Crippen LogP contribution in [0.1, 0.15) is 89.6 Å². The highest BCUT2D eigenvalue weighted by Gasteiger charge is 2.49. The molecular formula is C36H33BrF3N9O4. The minimum absolute atomic E-state index is 0.0574. The molecule has 2 fully saturated rings. The van der Waals surface area contributed by atoms with E-state index in [1.807, 2.05) is 19.1 Å². The van der Waals surface area contributed by atoms with E-state index in [0.717, 1.165) is 30.7 Å². The van der Waals surface area contributed by atoms with Crippen molar-refractivity contribution in [2.24, 2.45) is 0 Å². The van der Waals surface area contributed by atoms with Crippen molar-refractivity contribution in [3.8, 4) is 17.1 Å². The number of aromatic hydroxyl groups is 1. The van der Waals surface area contributed by atoms with Crippen molar-refractivity contribution in [1.82, 2.24) is 39.0 Å². The zero-order valence-electron chi connectivity index (χ0n) is 28.6. The van der Waals surface area contributed by atoms with Gasteiger partial charge in [-0.25, -0.2) is 9.97 Å². The summed E-state index contributed by atoms with van der Waals surface area (Å²) < 4.78 is 42.9. The Morgan fingerprint density at radius 2 is 1.85 bits per heavy atom. The van der Waals surface area contributed by atoms with E-state index in [2.05, 4.69) is 41.3 Å². The highest BCUT2D eigenvalue weighted by molar-refractivity contribution is 9.10. The second kappa shape index (κ2) is 12.7. The Bertz CT molecular complexity index is 2370. The first-order chi connectivity index (χ1) is 25.2. The first-order valence-corrected chi connectivity index (χ1v) is 18.0. The van der Waals surface area contributed by atoms with Crippen LogP contribution in [0.15, 0.2) is 52.1 Å². The molecule has 13 nitrogen and oxygen atoms in total. The number of nitrogens with one attached hydrogen (secondary N) is 1. The van der Waals surface area contributed by atoms with Gasteiger partial charge in [-0.3, -0.25) is 19.4 Å². The van der Waals surface area contributed by atoms with Crippen LogP contribution in [0, 0.1) is 6.92 Å². The largest absolute Gasteiger partial charge is 0.504 e. The molecule has 3 aliphatic rings. The normalized spacial score (nSPS) is 18.1. The number of carbonyl (C=O) groups excluding carboxylic acids is 2. The molecule has 1 atom stereocenters.